The number of hydrogen-bond donors (Lipinski definition) is 1. The molecule has 0 unspecified atom stereocenters. The zero-order valence-electron chi connectivity index (χ0n) is 17.4. The highest BCUT2D eigenvalue weighted by molar-refractivity contribution is 7.89. The normalized spacial score (nSPS) is 12.0. The minimum absolute atomic E-state index is 0.188. The molecule has 5 heteroatoms. The van der Waals surface area contributed by atoms with Crippen LogP contribution in [0.2, 0.25) is 0 Å². The molecule has 1 N–H and O–H groups in total. The first kappa shape index (κ1) is 21.5. The number of hydrogen-bond acceptors (Lipinski definition) is 3. The number of allylic oxidation sites excluding steroid dienone is 1. The molecule has 0 aliphatic heterocycles. The van der Waals surface area contributed by atoms with E-state index in [-0.39, 0.29) is 4.90 Å². The van der Waals surface area contributed by atoms with Gasteiger partial charge in [0.2, 0.25) is 0 Å². The molecule has 0 fully saturated rings. The highest BCUT2D eigenvalue weighted by Crippen LogP contribution is 2.28. The lowest BCUT2D eigenvalue weighted by Gasteiger charge is -2.18. The largest absolute Gasteiger partial charge is 0.276 e. The van der Waals surface area contributed by atoms with Gasteiger partial charge < -0.3 is 0 Å². The maximum atomic E-state index is 12.5. The summed E-state index contributed by atoms with van der Waals surface area (Å²) in [4.78, 5) is 2.50. The van der Waals surface area contributed by atoms with E-state index >= 15 is 0 Å². The van der Waals surface area contributed by atoms with E-state index in [1.54, 1.807) is 30.5 Å². The van der Waals surface area contributed by atoms with Crippen molar-refractivity contribution >= 4 is 21.8 Å². The van der Waals surface area contributed by atoms with Crippen molar-refractivity contribution in [2.75, 3.05) is 0 Å². The number of aryl methyl sites for hydroxylation is 1. The second-order valence-electron chi connectivity index (χ2n) is 7.78. The summed E-state index contributed by atoms with van der Waals surface area (Å²) < 4.78 is 24.9. The van der Waals surface area contributed by atoms with Gasteiger partial charge in [-0.2, -0.15) is 13.5 Å². The number of rotatable bonds is 7. The van der Waals surface area contributed by atoms with Crippen LogP contribution in [0.1, 0.15) is 30.5 Å². The third-order valence-electron chi connectivity index (χ3n) is 4.59. The second-order valence-corrected chi connectivity index (χ2v) is 9.44. The predicted molar refractivity (Wildman–Crippen MR) is 124 cm³/mol. The molecule has 3 aromatic carbocycles. The molecule has 3 rings (SSSR count). The molecule has 0 heterocycles. The second kappa shape index (κ2) is 9.09. The maximum absolute atomic E-state index is 12.5. The highest BCUT2D eigenvalue weighted by Gasteiger charge is 2.17. The first-order valence-electron chi connectivity index (χ1n) is 9.73. The Morgan fingerprint density at radius 2 is 1.33 bits per heavy atom. The first-order chi connectivity index (χ1) is 14.3. The molecule has 3 aromatic rings. The van der Waals surface area contributed by atoms with E-state index in [4.69, 9.17) is 0 Å². The lowest BCUT2D eigenvalue weighted by atomic mass is 9.87. The van der Waals surface area contributed by atoms with E-state index in [1.807, 2.05) is 57.2 Å². The lowest BCUT2D eigenvalue weighted by Crippen LogP contribution is -2.21. The van der Waals surface area contributed by atoms with Gasteiger partial charge in [0, 0.05) is 11.6 Å². The summed E-state index contributed by atoms with van der Waals surface area (Å²) >= 11 is 0. The van der Waals surface area contributed by atoms with Crippen LogP contribution in [0.15, 0.2) is 101 Å². The standard InChI is InChI=1S/C25H26N2O2S/c1-20-14-16-23(17-15-20)30(28,29)27-26-19-25(2,3)18-24(21-10-6-4-7-11-21)22-12-8-5-9-13-22/h4-19,27H,1-3H3/b26-19+. The van der Waals surface area contributed by atoms with Gasteiger partial charge in [0.05, 0.1) is 4.90 Å². The average molecular weight is 419 g/mol. The highest BCUT2D eigenvalue weighted by atomic mass is 32.2. The molecular formula is C25H26N2O2S. The summed E-state index contributed by atoms with van der Waals surface area (Å²) in [6.07, 6.45) is 3.71. The van der Waals surface area contributed by atoms with Crippen molar-refractivity contribution in [1.82, 2.24) is 4.83 Å². The van der Waals surface area contributed by atoms with Crippen LogP contribution >= 0.6 is 0 Å². The van der Waals surface area contributed by atoms with Crippen molar-refractivity contribution < 1.29 is 8.42 Å². The van der Waals surface area contributed by atoms with Crippen LogP contribution in [0.25, 0.3) is 5.57 Å². The molecule has 0 aliphatic rings. The Bertz CT molecular complexity index is 1090. The number of nitrogens with one attached hydrogen (secondary N) is 1. The van der Waals surface area contributed by atoms with E-state index in [9.17, 15) is 8.42 Å². The summed E-state index contributed by atoms with van der Waals surface area (Å²) in [5, 5.41) is 4.05. The summed E-state index contributed by atoms with van der Waals surface area (Å²) in [6.45, 7) is 5.89. The molecule has 4 nitrogen and oxygen atoms in total. The van der Waals surface area contributed by atoms with Gasteiger partial charge in [-0.15, -0.1) is 0 Å². The molecular weight excluding hydrogens is 392 g/mol. The fourth-order valence-corrected chi connectivity index (χ4v) is 3.80. The van der Waals surface area contributed by atoms with Gasteiger partial charge in [0.1, 0.15) is 0 Å². The quantitative estimate of drug-likeness (QED) is 0.411. The fourth-order valence-electron chi connectivity index (χ4n) is 3.01. The van der Waals surface area contributed by atoms with E-state index in [0.29, 0.717) is 0 Å². The van der Waals surface area contributed by atoms with Gasteiger partial charge in [0.15, 0.2) is 0 Å². The smallest absolute Gasteiger partial charge is 0.200 e. The van der Waals surface area contributed by atoms with Crippen LogP contribution in [-0.4, -0.2) is 14.6 Å². The van der Waals surface area contributed by atoms with Crippen LogP contribution in [0.4, 0.5) is 0 Å². The van der Waals surface area contributed by atoms with Gasteiger partial charge in [-0.1, -0.05) is 98.3 Å². The van der Waals surface area contributed by atoms with Crippen molar-refractivity contribution in [2.24, 2.45) is 10.5 Å². The SMILES string of the molecule is Cc1ccc(S(=O)(=O)N/N=C/C(C)(C)C=C(c2ccccc2)c2ccccc2)cc1. The summed E-state index contributed by atoms with van der Waals surface area (Å²) in [6, 6.07) is 26.9. The monoisotopic (exact) mass is 418 g/mol. The molecule has 0 saturated carbocycles. The fraction of sp³-hybridized carbons (Fsp3) is 0.160. The minimum Gasteiger partial charge on any atom is -0.200 e. The van der Waals surface area contributed by atoms with E-state index in [2.05, 4.69) is 40.3 Å². The number of sulfonamides is 1. The van der Waals surface area contributed by atoms with Gasteiger partial charge in [0.25, 0.3) is 10.0 Å². The van der Waals surface area contributed by atoms with Gasteiger partial charge in [-0.25, -0.2) is 4.83 Å². The summed E-state index contributed by atoms with van der Waals surface area (Å²) in [5.74, 6) is 0. The third kappa shape index (κ3) is 5.67. The van der Waals surface area contributed by atoms with Crippen molar-refractivity contribution in [1.29, 1.82) is 0 Å². The maximum Gasteiger partial charge on any atom is 0.276 e. The topological polar surface area (TPSA) is 58.5 Å². The third-order valence-corrected chi connectivity index (χ3v) is 5.83. The molecule has 0 aliphatic carbocycles. The Morgan fingerprint density at radius 1 is 0.833 bits per heavy atom. The minimum atomic E-state index is -3.70. The molecule has 0 atom stereocenters. The van der Waals surface area contributed by atoms with Crippen molar-refractivity contribution in [3.8, 4) is 0 Å². The molecule has 0 spiro atoms. The summed E-state index contributed by atoms with van der Waals surface area (Å²) in [7, 11) is -3.70. The Balaban J connectivity index is 1.87. The number of nitrogens with zero attached hydrogens (tertiary/aromatic N) is 1. The van der Waals surface area contributed by atoms with Crippen molar-refractivity contribution in [3.05, 3.63) is 108 Å². The molecule has 0 saturated heterocycles. The number of hydrazone groups is 1. The number of benzene rings is 3. The van der Waals surface area contributed by atoms with Gasteiger partial charge in [-0.3, -0.25) is 0 Å². The summed E-state index contributed by atoms with van der Waals surface area (Å²) in [5.41, 5.74) is 3.75. The van der Waals surface area contributed by atoms with Gasteiger partial charge in [-0.05, 0) is 35.8 Å². The Kier molecular flexibility index (Phi) is 6.53. The van der Waals surface area contributed by atoms with Crippen LogP contribution in [0.3, 0.4) is 0 Å². The lowest BCUT2D eigenvalue weighted by molar-refractivity contribution is 0.583. The molecule has 0 amide bonds. The van der Waals surface area contributed by atoms with E-state index < -0.39 is 15.4 Å². The van der Waals surface area contributed by atoms with Crippen LogP contribution in [0, 0.1) is 12.3 Å². The Morgan fingerprint density at radius 3 is 1.83 bits per heavy atom. The molecule has 0 aromatic heterocycles. The Labute approximate surface area is 179 Å². The van der Waals surface area contributed by atoms with Crippen LogP contribution < -0.4 is 4.83 Å². The van der Waals surface area contributed by atoms with Gasteiger partial charge >= 0.3 is 0 Å². The predicted octanol–water partition coefficient (Wildman–Crippen LogP) is 5.42. The average Bonchev–Trinajstić information content (AvgIpc) is 2.73. The molecule has 154 valence electrons. The zero-order chi connectivity index (χ0) is 21.6. The van der Waals surface area contributed by atoms with Crippen molar-refractivity contribution in [3.63, 3.8) is 0 Å². The molecule has 0 radical (unpaired) electrons. The van der Waals surface area contributed by atoms with Crippen LogP contribution in [-0.2, 0) is 10.0 Å². The van der Waals surface area contributed by atoms with Crippen molar-refractivity contribution in [2.45, 2.75) is 25.7 Å². The first-order valence-corrected chi connectivity index (χ1v) is 11.2. The van der Waals surface area contributed by atoms with Crippen LogP contribution in [0.5, 0.6) is 0 Å². The zero-order valence-corrected chi connectivity index (χ0v) is 18.2. The molecule has 30 heavy (non-hydrogen) atoms. The molecule has 0 bridgehead atoms. The van der Waals surface area contributed by atoms with E-state index in [0.717, 1.165) is 22.3 Å². The Hall–Kier alpha value is -3.18. The van der Waals surface area contributed by atoms with E-state index in [1.165, 1.54) is 0 Å².